The van der Waals surface area contributed by atoms with Gasteiger partial charge < -0.3 is 10.2 Å². The normalized spacial score (nSPS) is 25.0. The zero-order valence-electron chi connectivity index (χ0n) is 18.0. The lowest BCUT2D eigenvalue weighted by Gasteiger charge is -2.38. The zero-order chi connectivity index (χ0) is 22.7. The van der Waals surface area contributed by atoms with Crippen molar-refractivity contribution in [1.29, 1.82) is 0 Å². The van der Waals surface area contributed by atoms with Crippen molar-refractivity contribution in [3.8, 4) is 11.3 Å². The first-order chi connectivity index (χ1) is 15.5. The molecule has 2 aliphatic rings. The van der Waals surface area contributed by atoms with Gasteiger partial charge in [0, 0.05) is 35.0 Å². The molecule has 8 heteroatoms. The molecule has 6 nitrogen and oxygen atoms in total. The van der Waals surface area contributed by atoms with Crippen molar-refractivity contribution in [3.05, 3.63) is 34.7 Å². The lowest BCUT2D eigenvalue weighted by Crippen LogP contribution is -2.46. The number of aromatic nitrogens is 1. The number of thiazole rings is 1. The van der Waals surface area contributed by atoms with Crippen molar-refractivity contribution in [2.24, 2.45) is 23.7 Å². The van der Waals surface area contributed by atoms with Crippen molar-refractivity contribution in [2.45, 2.75) is 44.9 Å². The maximum absolute atomic E-state index is 13.8. The van der Waals surface area contributed by atoms with E-state index in [-0.39, 0.29) is 30.8 Å². The van der Waals surface area contributed by atoms with Crippen molar-refractivity contribution in [2.75, 3.05) is 18.1 Å². The number of amides is 1. The summed E-state index contributed by atoms with van der Waals surface area (Å²) in [5, 5.41) is 22.6. The van der Waals surface area contributed by atoms with Crippen LogP contribution in [-0.2, 0) is 9.59 Å². The van der Waals surface area contributed by atoms with E-state index in [0.29, 0.717) is 28.3 Å². The van der Waals surface area contributed by atoms with Gasteiger partial charge in [-0.1, -0.05) is 55.5 Å². The second-order valence-corrected chi connectivity index (χ2v) is 10.2. The van der Waals surface area contributed by atoms with Crippen LogP contribution in [0.2, 0.25) is 5.02 Å². The van der Waals surface area contributed by atoms with Gasteiger partial charge >= 0.3 is 5.97 Å². The summed E-state index contributed by atoms with van der Waals surface area (Å²) in [6, 6.07) is 7.43. The van der Waals surface area contributed by atoms with Crippen molar-refractivity contribution in [1.82, 2.24) is 4.98 Å². The number of aliphatic carboxylic acids is 1. The molecule has 1 aliphatic carbocycles. The van der Waals surface area contributed by atoms with E-state index in [1.54, 1.807) is 11.0 Å². The Bertz CT molecular complexity index is 959. The maximum Gasteiger partial charge on any atom is 0.304 e. The average Bonchev–Trinajstić information content (AvgIpc) is 3.46. The monoisotopic (exact) mass is 476 g/mol. The highest BCUT2D eigenvalue weighted by molar-refractivity contribution is 7.14. The topological polar surface area (TPSA) is 90.7 Å². The number of anilines is 1. The van der Waals surface area contributed by atoms with Crippen LogP contribution in [0.1, 0.15) is 44.9 Å². The van der Waals surface area contributed by atoms with E-state index in [9.17, 15) is 19.8 Å². The van der Waals surface area contributed by atoms with E-state index in [1.165, 1.54) is 11.3 Å². The van der Waals surface area contributed by atoms with Gasteiger partial charge in [0.05, 0.1) is 18.0 Å². The molecule has 172 valence electrons. The fraction of sp³-hybridized carbons (Fsp3) is 0.542. The number of carbonyl (C=O) groups excluding carboxylic acids is 1. The summed E-state index contributed by atoms with van der Waals surface area (Å²) in [5.74, 6) is -1.34. The predicted molar refractivity (Wildman–Crippen MR) is 126 cm³/mol. The number of hydrogen-bond donors (Lipinski definition) is 2. The molecule has 0 spiro atoms. The minimum atomic E-state index is -0.943. The maximum atomic E-state index is 13.8. The second-order valence-electron chi connectivity index (χ2n) is 8.98. The highest BCUT2D eigenvalue weighted by Gasteiger charge is 2.41. The summed E-state index contributed by atoms with van der Waals surface area (Å²) in [6.45, 7) is 0.339. The van der Waals surface area contributed by atoms with Gasteiger partial charge in [0.15, 0.2) is 5.13 Å². The Hall–Kier alpha value is -1.96. The number of hydrogen-bond acceptors (Lipinski definition) is 5. The second kappa shape index (κ2) is 10.3. The smallest absolute Gasteiger partial charge is 0.304 e. The minimum absolute atomic E-state index is 0.00644. The van der Waals surface area contributed by atoms with Crippen LogP contribution in [0.25, 0.3) is 11.3 Å². The van der Waals surface area contributed by atoms with Crippen molar-refractivity contribution >= 4 is 39.9 Å². The Labute approximate surface area is 197 Å². The van der Waals surface area contributed by atoms with E-state index in [0.717, 1.165) is 44.1 Å². The highest BCUT2D eigenvalue weighted by atomic mass is 35.5. The third-order valence-electron chi connectivity index (χ3n) is 6.98. The summed E-state index contributed by atoms with van der Waals surface area (Å²) in [6.07, 6.45) is 5.77. The molecule has 32 heavy (non-hydrogen) atoms. The Morgan fingerprint density at radius 3 is 2.62 bits per heavy atom. The number of carboxylic acid groups (broad SMARTS) is 1. The summed E-state index contributed by atoms with van der Waals surface area (Å²) >= 11 is 7.69. The molecule has 2 aromatic rings. The molecule has 2 heterocycles. The van der Waals surface area contributed by atoms with Gasteiger partial charge in [-0.3, -0.25) is 14.5 Å². The van der Waals surface area contributed by atoms with E-state index < -0.39 is 11.9 Å². The molecule has 0 bridgehead atoms. The van der Waals surface area contributed by atoms with Crippen LogP contribution in [0.5, 0.6) is 0 Å². The third kappa shape index (κ3) is 5.00. The molecule has 1 aliphatic heterocycles. The van der Waals surface area contributed by atoms with Crippen molar-refractivity contribution < 1.29 is 19.8 Å². The van der Waals surface area contributed by atoms with E-state index in [1.807, 2.05) is 23.6 Å². The van der Waals surface area contributed by atoms with Gasteiger partial charge in [0.25, 0.3) is 0 Å². The molecule has 0 radical (unpaired) electrons. The van der Waals surface area contributed by atoms with Crippen LogP contribution in [0.4, 0.5) is 5.13 Å². The van der Waals surface area contributed by atoms with E-state index in [2.05, 4.69) is 0 Å². The van der Waals surface area contributed by atoms with Crippen LogP contribution in [0.15, 0.2) is 29.6 Å². The van der Waals surface area contributed by atoms with Gasteiger partial charge in [-0.25, -0.2) is 4.98 Å². The van der Waals surface area contributed by atoms with E-state index in [4.69, 9.17) is 16.6 Å². The van der Waals surface area contributed by atoms with Gasteiger partial charge in [0.2, 0.25) is 5.91 Å². The standard InChI is InChI=1S/C24H29ClN2O4S/c25-20-8-4-3-7-18(20)21-14-32-24(26-21)27-12-15(13-28)9-10-17(16-5-1-2-6-16)19(23(27)31)11-22(29)30/h3-4,7-8,14-17,19,28H,1-2,5-6,9-13H2,(H,29,30)/t15-,17+,19-/m0/s1. The molecular formula is C24H29ClN2O4S. The number of benzene rings is 1. The Morgan fingerprint density at radius 2 is 1.94 bits per heavy atom. The summed E-state index contributed by atoms with van der Waals surface area (Å²) in [7, 11) is 0. The quantitative estimate of drug-likeness (QED) is 0.605. The number of carboxylic acids is 1. The molecule has 0 unspecified atom stereocenters. The third-order valence-corrected chi connectivity index (χ3v) is 8.17. The first-order valence-corrected chi connectivity index (χ1v) is 12.6. The molecule has 2 fully saturated rings. The number of carbonyl (C=O) groups is 2. The molecule has 4 rings (SSSR count). The number of rotatable bonds is 6. The SMILES string of the molecule is O=C(O)C[C@@H]1C(=O)N(c2nc(-c3ccccc3Cl)cs2)C[C@@H](CO)CC[C@@H]1C1CCCC1. The lowest BCUT2D eigenvalue weighted by atomic mass is 9.73. The molecule has 1 amide bonds. The van der Waals surface area contributed by atoms with Gasteiger partial charge in [-0.15, -0.1) is 11.3 Å². The van der Waals surface area contributed by atoms with Crippen LogP contribution in [-0.4, -0.2) is 40.2 Å². The fourth-order valence-corrected chi connectivity index (χ4v) is 6.40. The highest BCUT2D eigenvalue weighted by Crippen LogP contribution is 2.43. The van der Waals surface area contributed by atoms with Crippen molar-refractivity contribution in [3.63, 3.8) is 0 Å². The van der Waals surface area contributed by atoms with Crippen LogP contribution >= 0.6 is 22.9 Å². The number of aliphatic hydroxyl groups excluding tert-OH is 1. The minimum Gasteiger partial charge on any atom is -0.481 e. The lowest BCUT2D eigenvalue weighted by molar-refractivity contribution is -0.142. The molecule has 3 atom stereocenters. The fourth-order valence-electron chi connectivity index (χ4n) is 5.33. The Morgan fingerprint density at radius 1 is 1.19 bits per heavy atom. The summed E-state index contributed by atoms with van der Waals surface area (Å²) in [4.78, 5) is 31.8. The molecule has 1 aromatic heterocycles. The Kier molecular flexibility index (Phi) is 7.48. The number of nitrogens with zero attached hydrogens (tertiary/aromatic N) is 2. The van der Waals surface area contributed by atoms with Gasteiger partial charge in [0.1, 0.15) is 0 Å². The summed E-state index contributed by atoms with van der Waals surface area (Å²) in [5.41, 5.74) is 1.48. The molecule has 1 saturated heterocycles. The molecular weight excluding hydrogens is 448 g/mol. The Balaban J connectivity index is 1.68. The first kappa shape index (κ1) is 23.2. The zero-order valence-corrected chi connectivity index (χ0v) is 19.5. The average molecular weight is 477 g/mol. The molecule has 1 saturated carbocycles. The van der Waals surface area contributed by atoms with Gasteiger partial charge in [-0.05, 0) is 30.7 Å². The van der Waals surface area contributed by atoms with Gasteiger partial charge in [-0.2, -0.15) is 0 Å². The van der Waals surface area contributed by atoms with E-state index >= 15 is 0 Å². The molecule has 1 aromatic carbocycles. The predicted octanol–water partition coefficient (Wildman–Crippen LogP) is 5.10. The first-order valence-electron chi connectivity index (χ1n) is 11.3. The molecule has 2 N–H and O–H groups in total. The largest absolute Gasteiger partial charge is 0.481 e. The number of halogens is 1. The number of aliphatic hydroxyl groups is 1. The van der Waals surface area contributed by atoms with Crippen LogP contribution in [0, 0.1) is 23.7 Å². The van der Waals surface area contributed by atoms with Crippen LogP contribution in [0.3, 0.4) is 0 Å². The summed E-state index contributed by atoms with van der Waals surface area (Å²) < 4.78 is 0. The van der Waals surface area contributed by atoms with Crippen LogP contribution < -0.4 is 4.90 Å².